The van der Waals surface area contributed by atoms with Crippen LogP contribution in [0.2, 0.25) is 0 Å². The molecule has 1 fully saturated rings. The molecule has 8 heteroatoms. The van der Waals surface area contributed by atoms with Crippen LogP contribution in [0.5, 0.6) is 5.75 Å². The summed E-state index contributed by atoms with van der Waals surface area (Å²) >= 11 is 1.44. The first kappa shape index (κ1) is 23.6. The van der Waals surface area contributed by atoms with Crippen molar-refractivity contribution in [2.75, 3.05) is 18.5 Å². The number of fused-ring (bicyclic) bond motifs is 1. The van der Waals surface area contributed by atoms with Gasteiger partial charge in [-0.1, -0.05) is 32.1 Å². The van der Waals surface area contributed by atoms with Gasteiger partial charge in [-0.25, -0.2) is 8.42 Å². The number of ether oxygens (including phenoxy) is 1. The Bertz CT molecular complexity index is 1210. The molecular weight excluding hydrogens is 456 g/mol. The fraction of sp³-hybridized carbons (Fsp3) is 0.400. The Morgan fingerprint density at radius 1 is 1.00 bits per heavy atom. The minimum atomic E-state index is -3.72. The predicted molar refractivity (Wildman–Crippen MR) is 134 cm³/mol. The van der Waals surface area contributed by atoms with Crippen molar-refractivity contribution in [2.24, 2.45) is 0 Å². The molecule has 1 amide bonds. The second-order valence-corrected chi connectivity index (χ2v) is 11.5. The summed E-state index contributed by atoms with van der Waals surface area (Å²) < 4.78 is 33.5. The van der Waals surface area contributed by atoms with Gasteiger partial charge in [0.15, 0.2) is 0 Å². The van der Waals surface area contributed by atoms with Crippen molar-refractivity contribution in [3.63, 3.8) is 0 Å². The number of carbonyl (C=O) groups is 1. The van der Waals surface area contributed by atoms with Gasteiger partial charge in [0.2, 0.25) is 0 Å². The monoisotopic (exact) mass is 486 g/mol. The van der Waals surface area contributed by atoms with E-state index < -0.39 is 10.0 Å². The van der Waals surface area contributed by atoms with Crippen LogP contribution in [0.15, 0.2) is 53.4 Å². The fourth-order valence-corrected chi connectivity index (χ4v) is 6.37. The van der Waals surface area contributed by atoms with Crippen molar-refractivity contribution in [2.45, 2.75) is 55.9 Å². The quantitative estimate of drug-likeness (QED) is 0.494. The Hall–Kier alpha value is -2.58. The first-order chi connectivity index (χ1) is 15.9. The minimum Gasteiger partial charge on any atom is -0.497 e. The standard InChI is InChI=1S/C25H30N2O4S2/c1-27(33(29,30)22-13-11-21(31-2)12-14-22)20-10-15-23-18(16-20)17-24(32-23)25(28)26-19-8-6-4-3-5-7-9-19/h10-17,19H,3-9H2,1-2H3,(H,26,28). The third kappa shape index (κ3) is 5.33. The van der Waals surface area contributed by atoms with E-state index in [9.17, 15) is 13.2 Å². The molecule has 0 unspecified atom stereocenters. The predicted octanol–water partition coefficient (Wildman–Crippen LogP) is 5.58. The molecule has 1 N–H and O–H groups in total. The number of amides is 1. The highest BCUT2D eigenvalue weighted by Gasteiger charge is 2.22. The van der Waals surface area contributed by atoms with Crippen LogP contribution in [0.3, 0.4) is 0 Å². The summed E-state index contributed by atoms with van der Waals surface area (Å²) in [5.74, 6) is 0.559. The lowest BCUT2D eigenvalue weighted by Crippen LogP contribution is -2.34. The molecule has 0 radical (unpaired) electrons. The smallest absolute Gasteiger partial charge is 0.264 e. The summed E-state index contributed by atoms with van der Waals surface area (Å²) in [4.78, 5) is 13.7. The fourth-order valence-electron chi connectivity index (χ4n) is 4.24. The zero-order chi connectivity index (χ0) is 23.4. The molecule has 176 valence electrons. The van der Waals surface area contributed by atoms with Crippen LogP contribution in [-0.4, -0.2) is 34.5 Å². The van der Waals surface area contributed by atoms with Gasteiger partial charge >= 0.3 is 0 Å². The first-order valence-corrected chi connectivity index (χ1v) is 13.6. The normalized spacial score (nSPS) is 15.6. The van der Waals surface area contributed by atoms with Crippen molar-refractivity contribution < 1.29 is 17.9 Å². The molecule has 4 rings (SSSR count). The van der Waals surface area contributed by atoms with E-state index in [0.29, 0.717) is 16.3 Å². The lowest BCUT2D eigenvalue weighted by Gasteiger charge is -2.20. The number of anilines is 1. The topological polar surface area (TPSA) is 75.7 Å². The average molecular weight is 487 g/mol. The van der Waals surface area contributed by atoms with Crippen LogP contribution in [-0.2, 0) is 10.0 Å². The zero-order valence-corrected chi connectivity index (χ0v) is 20.7. The number of benzene rings is 2. The van der Waals surface area contributed by atoms with E-state index in [1.54, 1.807) is 18.2 Å². The lowest BCUT2D eigenvalue weighted by molar-refractivity contribution is 0.0934. The molecule has 1 aliphatic carbocycles. The van der Waals surface area contributed by atoms with Gasteiger partial charge in [0.1, 0.15) is 5.75 Å². The molecule has 1 heterocycles. The second-order valence-electron chi connectivity index (χ2n) is 8.50. The minimum absolute atomic E-state index is 0.0393. The maximum atomic E-state index is 13.1. The molecule has 0 spiro atoms. The molecule has 0 aliphatic heterocycles. The number of methoxy groups -OCH3 is 1. The molecular formula is C25H30N2O4S2. The molecule has 3 aromatic rings. The van der Waals surface area contributed by atoms with Crippen molar-refractivity contribution >= 4 is 43.0 Å². The zero-order valence-electron chi connectivity index (χ0n) is 19.0. The summed E-state index contributed by atoms with van der Waals surface area (Å²) in [6.07, 6.45) is 8.17. The summed E-state index contributed by atoms with van der Waals surface area (Å²) in [7, 11) is -0.642. The van der Waals surface area contributed by atoms with Gasteiger partial charge in [0, 0.05) is 17.8 Å². The van der Waals surface area contributed by atoms with Crippen LogP contribution < -0.4 is 14.4 Å². The number of thiophene rings is 1. The Balaban J connectivity index is 1.52. The number of nitrogens with zero attached hydrogens (tertiary/aromatic N) is 1. The average Bonchev–Trinajstić information content (AvgIpc) is 3.24. The summed E-state index contributed by atoms with van der Waals surface area (Å²) in [5.41, 5.74) is 0.545. The van der Waals surface area contributed by atoms with Crippen LogP contribution in [0.4, 0.5) is 5.69 Å². The van der Waals surface area contributed by atoms with Gasteiger partial charge < -0.3 is 10.1 Å². The van der Waals surface area contributed by atoms with E-state index in [4.69, 9.17) is 4.74 Å². The van der Waals surface area contributed by atoms with Crippen LogP contribution >= 0.6 is 11.3 Å². The summed E-state index contributed by atoms with van der Waals surface area (Å²) in [6.45, 7) is 0. The van der Waals surface area contributed by atoms with E-state index in [2.05, 4.69) is 5.32 Å². The van der Waals surface area contributed by atoms with E-state index in [-0.39, 0.29) is 16.8 Å². The molecule has 2 aromatic carbocycles. The number of hydrogen-bond acceptors (Lipinski definition) is 5. The number of rotatable bonds is 6. The molecule has 0 saturated heterocycles. The number of carbonyl (C=O) groups excluding carboxylic acids is 1. The van der Waals surface area contributed by atoms with Gasteiger partial charge in [-0.05, 0) is 66.8 Å². The highest BCUT2D eigenvalue weighted by molar-refractivity contribution is 7.92. The maximum Gasteiger partial charge on any atom is 0.264 e. The second kappa shape index (κ2) is 10.1. The molecule has 0 atom stereocenters. The first-order valence-electron chi connectivity index (χ1n) is 11.4. The van der Waals surface area contributed by atoms with E-state index in [1.165, 1.54) is 61.2 Å². The Kier molecular flexibility index (Phi) is 7.24. The van der Waals surface area contributed by atoms with Crippen molar-refractivity contribution in [3.05, 3.63) is 53.4 Å². The van der Waals surface area contributed by atoms with E-state index in [0.717, 1.165) is 35.8 Å². The molecule has 1 saturated carbocycles. The van der Waals surface area contributed by atoms with Gasteiger partial charge in [0.05, 0.1) is 22.6 Å². The van der Waals surface area contributed by atoms with E-state index >= 15 is 0 Å². The molecule has 0 bridgehead atoms. The molecule has 1 aromatic heterocycles. The van der Waals surface area contributed by atoms with Crippen LogP contribution in [0, 0.1) is 0 Å². The summed E-state index contributed by atoms with van der Waals surface area (Å²) in [6, 6.07) is 13.9. The summed E-state index contributed by atoms with van der Waals surface area (Å²) in [5, 5.41) is 4.07. The Morgan fingerprint density at radius 3 is 2.33 bits per heavy atom. The third-order valence-electron chi connectivity index (χ3n) is 6.25. The van der Waals surface area contributed by atoms with Crippen LogP contribution in [0.1, 0.15) is 54.6 Å². The number of nitrogens with one attached hydrogen (secondary N) is 1. The lowest BCUT2D eigenvalue weighted by atomic mass is 9.97. The third-order valence-corrected chi connectivity index (χ3v) is 9.16. The molecule has 1 aliphatic rings. The van der Waals surface area contributed by atoms with Crippen molar-refractivity contribution in [1.82, 2.24) is 5.32 Å². The number of hydrogen-bond donors (Lipinski definition) is 1. The van der Waals surface area contributed by atoms with Gasteiger partial charge in [-0.2, -0.15) is 0 Å². The largest absolute Gasteiger partial charge is 0.497 e. The Labute approximate surface area is 199 Å². The van der Waals surface area contributed by atoms with Gasteiger partial charge in [-0.3, -0.25) is 9.10 Å². The van der Waals surface area contributed by atoms with Gasteiger partial charge in [0.25, 0.3) is 15.9 Å². The molecule has 33 heavy (non-hydrogen) atoms. The Morgan fingerprint density at radius 2 is 1.67 bits per heavy atom. The van der Waals surface area contributed by atoms with E-state index in [1.807, 2.05) is 18.2 Å². The van der Waals surface area contributed by atoms with Crippen molar-refractivity contribution in [3.8, 4) is 5.75 Å². The highest BCUT2D eigenvalue weighted by Crippen LogP contribution is 2.31. The SMILES string of the molecule is COc1ccc(S(=O)(=O)N(C)c2ccc3sc(C(=O)NC4CCCCCCC4)cc3c2)cc1. The van der Waals surface area contributed by atoms with Crippen LogP contribution in [0.25, 0.3) is 10.1 Å². The molecule has 6 nitrogen and oxygen atoms in total. The van der Waals surface area contributed by atoms with Gasteiger partial charge in [-0.15, -0.1) is 11.3 Å². The highest BCUT2D eigenvalue weighted by atomic mass is 32.2. The maximum absolute atomic E-state index is 13.1. The number of sulfonamides is 1. The van der Waals surface area contributed by atoms with Crippen molar-refractivity contribution in [1.29, 1.82) is 0 Å².